The van der Waals surface area contributed by atoms with E-state index < -0.39 is 5.63 Å². The van der Waals surface area contributed by atoms with E-state index in [0.29, 0.717) is 17.9 Å². The average molecular weight is 396 g/mol. The number of carbonyl (C=O) groups is 1. The molecule has 1 unspecified atom stereocenters. The van der Waals surface area contributed by atoms with Crippen molar-refractivity contribution in [1.29, 1.82) is 0 Å². The highest BCUT2D eigenvalue weighted by molar-refractivity contribution is 5.79. The summed E-state index contributed by atoms with van der Waals surface area (Å²) in [4.78, 5) is 26.0. The van der Waals surface area contributed by atoms with Gasteiger partial charge in [0.25, 0.3) is 5.91 Å². The molecule has 1 amide bonds. The van der Waals surface area contributed by atoms with Crippen LogP contribution in [0.4, 0.5) is 0 Å². The van der Waals surface area contributed by atoms with Gasteiger partial charge in [0.1, 0.15) is 17.1 Å². The third-order valence-corrected chi connectivity index (χ3v) is 5.16. The average Bonchev–Trinajstić information content (AvgIpc) is 3.27. The number of furan rings is 1. The zero-order valence-corrected chi connectivity index (χ0v) is 16.1. The highest BCUT2D eigenvalue weighted by atomic mass is 16.5. The second kappa shape index (κ2) is 8.96. The Hall–Kier alpha value is -3.06. The molecule has 1 N–H and O–H groups in total. The van der Waals surface area contributed by atoms with Gasteiger partial charge in [-0.3, -0.25) is 9.69 Å². The molecule has 1 aromatic carbocycles. The lowest BCUT2D eigenvalue weighted by molar-refractivity contribution is -0.123. The van der Waals surface area contributed by atoms with Crippen LogP contribution in [0, 0.1) is 0 Å². The maximum absolute atomic E-state index is 12.3. The van der Waals surface area contributed by atoms with Gasteiger partial charge in [-0.1, -0.05) is 6.42 Å². The molecule has 0 radical (unpaired) electrons. The van der Waals surface area contributed by atoms with Crippen molar-refractivity contribution in [1.82, 2.24) is 10.2 Å². The third-order valence-electron chi connectivity index (χ3n) is 5.16. The maximum Gasteiger partial charge on any atom is 0.336 e. The molecule has 0 spiro atoms. The number of rotatable bonds is 7. The summed E-state index contributed by atoms with van der Waals surface area (Å²) in [6, 6.07) is 12.0. The van der Waals surface area contributed by atoms with Crippen LogP contribution in [0.3, 0.4) is 0 Å². The van der Waals surface area contributed by atoms with Crippen LogP contribution in [0.25, 0.3) is 11.0 Å². The van der Waals surface area contributed by atoms with Crippen LogP contribution < -0.4 is 15.7 Å². The van der Waals surface area contributed by atoms with Crippen molar-refractivity contribution < 1.29 is 18.4 Å². The van der Waals surface area contributed by atoms with Crippen molar-refractivity contribution in [3.05, 3.63) is 64.9 Å². The van der Waals surface area contributed by atoms with Crippen molar-refractivity contribution in [2.75, 3.05) is 26.2 Å². The second-order valence-corrected chi connectivity index (χ2v) is 7.17. The lowest BCUT2D eigenvalue weighted by Crippen LogP contribution is -2.41. The summed E-state index contributed by atoms with van der Waals surface area (Å²) >= 11 is 0. The summed E-state index contributed by atoms with van der Waals surface area (Å²) in [7, 11) is 0. The molecular weight excluding hydrogens is 372 g/mol. The summed E-state index contributed by atoms with van der Waals surface area (Å²) in [5, 5.41) is 3.74. The molecule has 1 aliphatic heterocycles. The normalized spacial score (nSPS) is 15.9. The molecular formula is C22H24N2O5. The van der Waals surface area contributed by atoms with Crippen LogP contribution in [-0.4, -0.2) is 37.0 Å². The summed E-state index contributed by atoms with van der Waals surface area (Å²) in [5.74, 6) is 1.12. The van der Waals surface area contributed by atoms with E-state index in [4.69, 9.17) is 13.6 Å². The number of nitrogens with zero attached hydrogens (tertiary/aromatic N) is 1. The molecule has 1 aliphatic rings. The molecule has 2 aromatic heterocycles. The number of piperidine rings is 1. The van der Waals surface area contributed by atoms with Gasteiger partial charge in [0.15, 0.2) is 6.61 Å². The van der Waals surface area contributed by atoms with E-state index in [1.165, 1.54) is 12.5 Å². The van der Waals surface area contributed by atoms with Crippen LogP contribution in [0.15, 0.2) is 62.4 Å². The monoisotopic (exact) mass is 396 g/mol. The van der Waals surface area contributed by atoms with E-state index in [9.17, 15) is 9.59 Å². The lowest BCUT2D eigenvalue weighted by Gasteiger charge is -2.33. The minimum absolute atomic E-state index is 0.0178. The van der Waals surface area contributed by atoms with E-state index >= 15 is 0 Å². The van der Waals surface area contributed by atoms with E-state index in [2.05, 4.69) is 10.2 Å². The van der Waals surface area contributed by atoms with Gasteiger partial charge in [-0.2, -0.15) is 0 Å². The first kappa shape index (κ1) is 19.3. The predicted octanol–water partition coefficient (Wildman–Crippen LogP) is 3.11. The molecule has 3 aromatic rings. The number of hydrogen-bond acceptors (Lipinski definition) is 6. The first-order valence-electron chi connectivity index (χ1n) is 9.90. The molecule has 152 valence electrons. The molecule has 4 rings (SSSR count). The molecule has 1 saturated heterocycles. The van der Waals surface area contributed by atoms with E-state index in [-0.39, 0.29) is 18.6 Å². The highest BCUT2D eigenvalue weighted by Gasteiger charge is 2.24. The van der Waals surface area contributed by atoms with Gasteiger partial charge in [0, 0.05) is 24.1 Å². The zero-order chi connectivity index (χ0) is 20.1. The first-order chi connectivity index (χ1) is 14.2. The Morgan fingerprint density at radius 1 is 1.14 bits per heavy atom. The Morgan fingerprint density at radius 2 is 1.97 bits per heavy atom. The van der Waals surface area contributed by atoms with Gasteiger partial charge in [-0.05, 0) is 56.3 Å². The Bertz CT molecular complexity index is 1010. The molecule has 7 heteroatoms. The van der Waals surface area contributed by atoms with Crippen LogP contribution >= 0.6 is 0 Å². The van der Waals surface area contributed by atoms with Crippen LogP contribution in [0.2, 0.25) is 0 Å². The van der Waals surface area contributed by atoms with E-state index in [1.54, 1.807) is 30.5 Å². The second-order valence-electron chi connectivity index (χ2n) is 7.17. The van der Waals surface area contributed by atoms with Crippen LogP contribution in [-0.2, 0) is 4.79 Å². The van der Waals surface area contributed by atoms with Gasteiger partial charge in [-0.25, -0.2) is 4.79 Å². The Kier molecular flexibility index (Phi) is 5.95. The fraction of sp³-hybridized carbons (Fsp3) is 0.364. The minimum atomic E-state index is -0.422. The predicted molar refractivity (Wildman–Crippen MR) is 108 cm³/mol. The van der Waals surface area contributed by atoms with Crippen molar-refractivity contribution >= 4 is 16.9 Å². The molecule has 29 heavy (non-hydrogen) atoms. The minimum Gasteiger partial charge on any atom is -0.484 e. The number of nitrogens with one attached hydrogen (secondary N) is 1. The van der Waals surface area contributed by atoms with Gasteiger partial charge in [0.05, 0.1) is 12.3 Å². The van der Waals surface area contributed by atoms with Crippen LogP contribution in [0.5, 0.6) is 5.75 Å². The number of likely N-dealkylation sites (tertiary alicyclic amines) is 1. The summed E-state index contributed by atoms with van der Waals surface area (Å²) in [5.41, 5.74) is 0.00691. The maximum atomic E-state index is 12.3. The molecule has 1 fully saturated rings. The van der Waals surface area contributed by atoms with Gasteiger partial charge in [0.2, 0.25) is 0 Å². The topological polar surface area (TPSA) is 84.9 Å². The number of ether oxygens (including phenoxy) is 1. The van der Waals surface area contributed by atoms with E-state index in [0.717, 1.165) is 37.1 Å². The molecule has 0 saturated carbocycles. The molecule has 3 heterocycles. The number of hydrogen-bond donors (Lipinski definition) is 1. The summed E-state index contributed by atoms with van der Waals surface area (Å²) in [6.07, 6.45) is 5.22. The standard InChI is InChI=1S/C22H24N2O5/c25-21(15-28-17-8-6-16-7-9-22(26)29-20(16)13-17)23-14-18(19-5-4-12-27-19)24-10-2-1-3-11-24/h4-9,12-13,18H,1-3,10-11,14-15H2,(H,23,25). The quantitative estimate of drug-likeness (QED) is 0.618. The number of fused-ring (bicyclic) bond motifs is 1. The van der Waals surface area contributed by atoms with Crippen molar-refractivity contribution in [3.8, 4) is 5.75 Å². The molecule has 0 bridgehead atoms. The largest absolute Gasteiger partial charge is 0.484 e. The number of benzene rings is 1. The fourth-order valence-corrected chi connectivity index (χ4v) is 3.66. The van der Waals surface area contributed by atoms with Gasteiger partial charge >= 0.3 is 5.63 Å². The number of amides is 1. The smallest absolute Gasteiger partial charge is 0.336 e. The molecule has 1 atom stereocenters. The fourth-order valence-electron chi connectivity index (χ4n) is 3.66. The zero-order valence-electron chi connectivity index (χ0n) is 16.1. The van der Waals surface area contributed by atoms with Crippen molar-refractivity contribution in [2.45, 2.75) is 25.3 Å². The summed E-state index contributed by atoms with van der Waals surface area (Å²) < 4.78 is 16.3. The van der Waals surface area contributed by atoms with Gasteiger partial charge in [-0.15, -0.1) is 0 Å². The molecule has 7 nitrogen and oxygen atoms in total. The lowest BCUT2D eigenvalue weighted by atomic mass is 10.1. The first-order valence-corrected chi connectivity index (χ1v) is 9.90. The Morgan fingerprint density at radius 3 is 2.76 bits per heavy atom. The highest BCUT2D eigenvalue weighted by Crippen LogP contribution is 2.24. The Labute approximate surface area is 168 Å². The Balaban J connectivity index is 1.34. The van der Waals surface area contributed by atoms with Crippen LogP contribution in [0.1, 0.15) is 31.1 Å². The molecule has 0 aliphatic carbocycles. The van der Waals surface area contributed by atoms with Gasteiger partial charge < -0.3 is 18.9 Å². The third kappa shape index (κ3) is 4.86. The SMILES string of the molecule is O=C(COc1ccc2ccc(=O)oc2c1)NCC(c1ccco1)N1CCCCC1. The number of carbonyl (C=O) groups excluding carboxylic acids is 1. The van der Waals surface area contributed by atoms with Crippen molar-refractivity contribution in [2.24, 2.45) is 0 Å². The van der Waals surface area contributed by atoms with Crippen molar-refractivity contribution in [3.63, 3.8) is 0 Å². The van der Waals surface area contributed by atoms with E-state index in [1.807, 2.05) is 12.1 Å². The summed E-state index contributed by atoms with van der Waals surface area (Å²) in [6.45, 7) is 2.34.